The first kappa shape index (κ1) is 14.2. The van der Waals surface area contributed by atoms with Gasteiger partial charge in [-0.05, 0) is 50.4 Å². The fourth-order valence-electron chi connectivity index (χ4n) is 5.97. The Balaban J connectivity index is 1.63. The van der Waals surface area contributed by atoms with E-state index in [1.807, 2.05) is 13.8 Å². The summed E-state index contributed by atoms with van der Waals surface area (Å²) in [6.45, 7) is 3.95. The molecule has 116 valence electrons. The summed E-state index contributed by atoms with van der Waals surface area (Å²) in [6, 6.07) is 0. The first-order valence-corrected chi connectivity index (χ1v) is 9.00. The van der Waals surface area contributed by atoms with Crippen molar-refractivity contribution in [1.82, 2.24) is 0 Å². The fourth-order valence-corrected chi connectivity index (χ4v) is 8.06. The van der Waals surface area contributed by atoms with E-state index in [0.29, 0.717) is 28.3 Å². The van der Waals surface area contributed by atoms with Gasteiger partial charge in [0.2, 0.25) is 0 Å². The van der Waals surface area contributed by atoms with Crippen molar-refractivity contribution in [3.8, 4) is 0 Å². The summed E-state index contributed by atoms with van der Waals surface area (Å²) < 4.78 is 12.3. The maximum atomic E-state index is 6.93. The van der Waals surface area contributed by atoms with Gasteiger partial charge >= 0.3 is 0 Å². The quantitative estimate of drug-likeness (QED) is 0.464. The van der Waals surface area contributed by atoms with E-state index in [1.165, 1.54) is 0 Å². The molecule has 6 heteroatoms. The van der Waals surface area contributed by atoms with Gasteiger partial charge in [-0.15, -0.1) is 23.2 Å². The highest BCUT2D eigenvalue weighted by molar-refractivity contribution is 6.51. The first-order valence-electron chi connectivity index (χ1n) is 7.49. The zero-order valence-corrected chi connectivity index (χ0v) is 14.7. The van der Waals surface area contributed by atoms with E-state index in [0.717, 1.165) is 6.42 Å². The highest BCUT2D eigenvalue weighted by Crippen LogP contribution is 2.77. The molecule has 0 radical (unpaired) electrons. The van der Waals surface area contributed by atoms with Gasteiger partial charge in [0.05, 0.1) is 32.0 Å². The summed E-state index contributed by atoms with van der Waals surface area (Å²) in [6.07, 6.45) is 1.92. The third-order valence-electron chi connectivity index (χ3n) is 6.36. The minimum Gasteiger partial charge on any atom is -0.344 e. The van der Waals surface area contributed by atoms with Crippen LogP contribution < -0.4 is 0 Å². The molecule has 1 saturated heterocycles. The molecule has 1 aliphatic heterocycles. The van der Waals surface area contributed by atoms with Crippen molar-refractivity contribution in [3.05, 3.63) is 10.1 Å². The Hall–Kier alpha value is 0.820. The summed E-state index contributed by atoms with van der Waals surface area (Å²) >= 11 is 26.8. The number of ether oxygens (including phenoxy) is 2. The number of halogens is 4. The fraction of sp³-hybridized carbons (Fsp3) is 0.867. The standard InChI is InChI=1S/C15H16Cl4O2/c1-13(2)20-9-5-3-6(10(9)21-13)8-7(5)14(18)4-15(8,19)12(17)11(14)16/h5-10H,3-4H2,1-2H3/t5-,6+,7-,8-,9+,10-,14-,15-/m1/s1. The van der Waals surface area contributed by atoms with Gasteiger partial charge in [-0.1, -0.05) is 23.2 Å². The van der Waals surface area contributed by atoms with Crippen LogP contribution >= 0.6 is 46.4 Å². The second-order valence-corrected chi connectivity index (χ2v) is 9.81. The molecule has 0 N–H and O–H groups in total. The molecule has 0 unspecified atom stereocenters. The molecule has 0 aromatic rings. The largest absolute Gasteiger partial charge is 0.344 e. The Morgan fingerprint density at radius 3 is 1.76 bits per heavy atom. The zero-order valence-electron chi connectivity index (χ0n) is 11.7. The average molecular weight is 370 g/mol. The molecule has 0 amide bonds. The van der Waals surface area contributed by atoms with Crippen molar-refractivity contribution in [2.45, 2.75) is 54.4 Å². The molecule has 4 fully saturated rings. The van der Waals surface area contributed by atoms with Crippen molar-refractivity contribution in [1.29, 1.82) is 0 Å². The Kier molecular flexibility index (Phi) is 2.52. The van der Waals surface area contributed by atoms with Crippen molar-refractivity contribution in [2.75, 3.05) is 0 Å². The summed E-state index contributed by atoms with van der Waals surface area (Å²) in [7, 11) is 0. The molecular formula is C15H16Cl4O2. The predicted molar refractivity (Wildman–Crippen MR) is 82.9 cm³/mol. The van der Waals surface area contributed by atoms with Crippen LogP contribution in [0.5, 0.6) is 0 Å². The van der Waals surface area contributed by atoms with Gasteiger partial charge in [0.15, 0.2) is 5.79 Å². The normalized spacial score (nSPS) is 62.6. The predicted octanol–water partition coefficient (Wildman–Crippen LogP) is 4.45. The van der Waals surface area contributed by atoms with E-state index in [4.69, 9.17) is 55.9 Å². The van der Waals surface area contributed by atoms with E-state index >= 15 is 0 Å². The first-order chi connectivity index (χ1) is 9.69. The Labute approximate surface area is 144 Å². The van der Waals surface area contributed by atoms with Crippen LogP contribution in [-0.4, -0.2) is 27.7 Å². The molecule has 4 aliphatic carbocycles. The summed E-state index contributed by atoms with van der Waals surface area (Å²) in [5.41, 5.74) is 0. The smallest absolute Gasteiger partial charge is 0.163 e. The van der Waals surface area contributed by atoms with Crippen LogP contribution in [-0.2, 0) is 9.47 Å². The van der Waals surface area contributed by atoms with Crippen molar-refractivity contribution >= 4 is 46.4 Å². The van der Waals surface area contributed by atoms with E-state index in [1.54, 1.807) is 0 Å². The molecule has 5 rings (SSSR count). The number of hydrogen-bond acceptors (Lipinski definition) is 2. The number of allylic oxidation sites excluding steroid dienone is 2. The van der Waals surface area contributed by atoms with Crippen LogP contribution in [0.15, 0.2) is 10.1 Å². The molecule has 4 bridgehead atoms. The van der Waals surface area contributed by atoms with Crippen LogP contribution in [0.3, 0.4) is 0 Å². The van der Waals surface area contributed by atoms with Crippen molar-refractivity contribution < 1.29 is 9.47 Å². The lowest BCUT2D eigenvalue weighted by molar-refractivity contribution is -0.158. The molecule has 0 aromatic carbocycles. The lowest BCUT2D eigenvalue weighted by atomic mass is 9.70. The summed E-state index contributed by atoms with van der Waals surface area (Å²) in [5.74, 6) is 0.696. The molecule has 3 saturated carbocycles. The highest BCUT2D eigenvalue weighted by Gasteiger charge is 2.79. The minimum absolute atomic E-state index is 0.115. The van der Waals surface area contributed by atoms with Crippen LogP contribution in [0, 0.1) is 23.7 Å². The van der Waals surface area contributed by atoms with Crippen LogP contribution in [0.2, 0.25) is 0 Å². The van der Waals surface area contributed by atoms with Gasteiger partial charge in [-0.2, -0.15) is 0 Å². The molecule has 0 aromatic heterocycles. The lowest BCUT2D eigenvalue weighted by Crippen LogP contribution is -2.49. The Bertz CT molecular complexity index is 544. The van der Waals surface area contributed by atoms with Crippen LogP contribution in [0.1, 0.15) is 26.7 Å². The van der Waals surface area contributed by atoms with Gasteiger partial charge in [-0.3, -0.25) is 0 Å². The molecule has 5 aliphatic rings. The average Bonchev–Trinajstić information content (AvgIpc) is 3.07. The van der Waals surface area contributed by atoms with Gasteiger partial charge in [0, 0.05) is 0 Å². The van der Waals surface area contributed by atoms with Crippen molar-refractivity contribution in [2.24, 2.45) is 23.7 Å². The SMILES string of the molecule is CC1(C)O[C@@H]2[C@H]3C[C@@H]([C@@H]2O1)[C@@H]1[C@@H]3[C@]2(Cl)C[C@]1(Cl)C(Cl)=C2Cl. The third-order valence-corrected chi connectivity index (χ3v) is 8.85. The summed E-state index contributed by atoms with van der Waals surface area (Å²) in [5, 5.41) is 1.12. The topological polar surface area (TPSA) is 18.5 Å². The van der Waals surface area contributed by atoms with E-state index in [2.05, 4.69) is 0 Å². The molecule has 0 spiro atoms. The van der Waals surface area contributed by atoms with E-state index in [-0.39, 0.29) is 24.0 Å². The molecular weight excluding hydrogens is 354 g/mol. The summed E-state index contributed by atoms with van der Waals surface area (Å²) in [4.78, 5) is -1.21. The van der Waals surface area contributed by atoms with E-state index < -0.39 is 15.5 Å². The minimum atomic E-state index is -0.606. The third kappa shape index (κ3) is 1.39. The van der Waals surface area contributed by atoms with Crippen LogP contribution in [0.25, 0.3) is 0 Å². The maximum Gasteiger partial charge on any atom is 0.163 e. The number of rotatable bonds is 0. The molecule has 21 heavy (non-hydrogen) atoms. The van der Waals surface area contributed by atoms with Crippen LogP contribution in [0.4, 0.5) is 0 Å². The van der Waals surface area contributed by atoms with Gasteiger partial charge in [0.1, 0.15) is 0 Å². The Morgan fingerprint density at radius 2 is 1.33 bits per heavy atom. The highest BCUT2D eigenvalue weighted by atomic mass is 35.5. The van der Waals surface area contributed by atoms with Gasteiger partial charge < -0.3 is 9.47 Å². The lowest BCUT2D eigenvalue weighted by Gasteiger charge is -2.43. The second-order valence-electron chi connectivity index (χ2n) is 7.71. The molecule has 2 nitrogen and oxygen atoms in total. The number of fused-ring (bicyclic) bond motifs is 12. The maximum absolute atomic E-state index is 6.93. The monoisotopic (exact) mass is 368 g/mol. The van der Waals surface area contributed by atoms with Gasteiger partial charge in [0.25, 0.3) is 0 Å². The Morgan fingerprint density at radius 1 is 0.905 bits per heavy atom. The van der Waals surface area contributed by atoms with Gasteiger partial charge in [-0.25, -0.2) is 0 Å². The zero-order chi connectivity index (χ0) is 14.9. The van der Waals surface area contributed by atoms with E-state index in [9.17, 15) is 0 Å². The molecule has 1 heterocycles. The number of hydrogen-bond donors (Lipinski definition) is 0. The van der Waals surface area contributed by atoms with Crippen molar-refractivity contribution in [3.63, 3.8) is 0 Å². The number of alkyl halides is 2. The molecule has 8 atom stereocenters. The second kappa shape index (κ2) is 3.73.